The van der Waals surface area contributed by atoms with E-state index in [-0.39, 0.29) is 22.9 Å². The van der Waals surface area contributed by atoms with E-state index in [2.05, 4.69) is 20.3 Å². The summed E-state index contributed by atoms with van der Waals surface area (Å²) >= 11 is 12.3. The number of benzene rings is 3. The fourth-order valence-electron chi connectivity index (χ4n) is 4.88. The summed E-state index contributed by atoms with van der Waals surface area (Å²) in [6.45, 7) is 0. The minimum absolute atomic E-state index is 0.0881. The number of aromatic nitrogens is 6. The molecule has 0 spiro atoms. The lowest BCUT2D eigenvalue weighted by Crippen LogP contribution is -2.32. The Morgan fingerprint density at radius 2 is 1.82 bits per heavy atom. The summed E-state index contributed by atoms with van der Waals surface area (Å²) < 4.78 is 2.90. The van der Waals surface area contributed by atoms with Gasteiger partial charge in [-0.2, -0.15) is 0 Å². The molecular formula is C30H22Cl2N6O2. The van der Waals surface area contributed by atoms with Gasteiger partial charge in [0.05, 0.1) is 23.9 Å². The molecule has 6 aromatic rings. The Morgan fingerprint density at radius 3 is 2.60 bits per heavy atom. The molecule has 0 saturated carbocycles. The van der Waals surface area contributed by atoms with Crippen molar-refractivity contribution in [3.63, 3.8) is 0 Å². The van der Waals surface area contributed by atoms with Crippen LogP contribution in [0.5, 0.6) is 0 Å². The number of carbonyl (C=O) groups is 1. The number of aromatic amines is 1. The highest BCUT2D eigenvalue weighted by Gasteiger charge is 2.24. The van der Waals surface area contributed by atoms with E-state index in [1.54, 1.807) is 24.4 Å². The molecule has 3 heterocycles. The predicted octanol–water partition coefficient (Wildman–Crippen LogP) is 5.87. The van der Waals surface area contributed by atoms with E-state index in [1.807, 2.05) is 60.8 Å². The highest BCUT2D eigenvalue weighted by atomic mass is 35.5. The molecule has 0 aliphatic carbocycles. The van der Waals surface area contributed by atoms with Crippen LogP contribution in [0.25, 0.3) is 27.8 Å². The van der Waals surface area contributed by atoms with E-state index >= 15 is 0 Å². The van der Waals surface area contributed by atoms with Crippen LogP contribution in [-0.4, -0.2) is 35.3 Å². The molecule has 8 nitrogen and oxygen atoms in total. The Bertz CT molecular complexity index is 1890. The first-order valence-electron chi connectivity index (χ1n) is 12.5. The van der Waals surface area contributed by atoms with Crippen molar-refractivity contribution in [1.29, 1.82) is 0 Å². The van der Waals surface area contributed by atoms with Gasteiger partial charge in [0.1, 0.15) is 6.04 Å². The van der Waals surface area contributed by atoms with E-state index in [0.717, 1.165) is 22.0 Å². The minimum Gasteiger partial charge on any atom is -0.361 e. The third kappa shape index (κ3) is 5.19. The lowest BCUT2D eigenvalue weighted by molar-refractivity contribution is -0.121. The molecular weight excluding hydrogens is 547 g/mol. The quantitative estimate of drug-likeness (QED) is 0.247. The van der Waals surface area contributed by atoms with Gasteiger partial charge in [-0.1, -0.05) is 70.9 Å². The maximum absolute atomic E-state index is 13.8. The van der Waals surface area contributed by atoms with E-state index in [9.17, 15) is 9.59 Å². The number of hydrogen-bond donors (Lipinski definition) is 1. The van der Waals surface area contributed by atoms with E-state index in [4.69, 9.17) is 23.2 Å². The van der Waals surface area contributed by atoms with Gasteiger partial charge in [0.15, 0.2) is 10.9 Å². The Kier molecular flexibility index (Phi) is 7.02. The molecule has 10 heteroatoms. The molecule has 0 unspecified atom stereocenters. The maximum atomic E-state index is 13.8. The summed E-state index contributed by atoms with van der Waals surface area (Å²) in [6, 6.07) is 23.2. The molecule has 1 atom stereocenters. The van der Waals surface area contributed by atoms with E-state index in [1.165, 1.54) is 21.6 Å². The average Bonchev–Trinajstić information content (AvgIpc) is 3.62. The maximum Gasteiger partial charge on any atom is 0.254 e. The van der Waals surface area contributed by atoms with Crippen molar-refractivity contribution in [3.05, 3.63) is 129 Å². The van der Waals surface area contributed by atoms with Crippen molar-refractivity contribution in [3.8, 4) is 16.9 Å². The third-order valence-corrected chi connectivity index (χ3v) is 7.22. The van der Waals surface area contributed by atoms with E-state index < -0.39 is 6.04 Å². The number of nitrogens with one attached hydrogen (secondary N) is 1. The summed E-state index contributed by atoms with van der Waals surface area (Å²) in [5, 5.41) is 9.54. The van der Waals surface area contributed by atoms with Gasteiger partial charge in [0.2, 0.25) is 0 Å². The number of carbonyl (C=O) groups excluding carboxylic acids is 1. The van der Waals surface area contributed by atoms with Crippen LogP contribution in [0.1, 0.15) is 17.2 Å². The average molecular weight is 569 g/mol. The van der Waals surface area contributed by atoms with Crippen LogP contribution < -0.4 is 5.56 Å². The van der Waals surface area contributed by atoms with Crippen LogP contribution in [0, 0.1) is 0 Å². The summed E-state index contributed by atoms with van der Waals surface area (Å²) in [6.07, 6.45) is 5.36. The first kappa shape index (κ1) is 25.7. The molecule has 0 aliphatic rings. The van der Waals surface area contributed by atoms with Gasteiger partial charge in [-0.25, -0.2) is 9.67 Å². The Labute approximate surface area is 238 Å². The lowest BCUT2D eigenvalue weighted by atomic mass is 9.96. The smallest absolute Gasteiger partial charge is 0.254 e. The fraction of sp³-hybridized carbons (Fsp3) is 0.100. The normalized spacial score (nSPS) is 12.1. The Hall–Kier alpha value is -4.53. The minimum atomic E-state index is -0.751. The van der Waals surface area contributed by atoms with Crippen LogP contribution in [-0.2, 0) is 17.6 Å². The highest BCUT2D eigenvalue weighted by molar-refractivity contribution is 6.31. The molecule has 0 fully saturated rings. The number of hydrogen-bond acceptors (Lipinski definition) is 5. The monoisotopic (exact) mass is 568 g/mol. The van der Waals surface area contributed by atoms with Gasteiger partial charge in [-0.3, -0.25) is 14.2 Å². The van der Waals surface area contributed by atoms with Crippen LogP contribution in [0.2, 0.25) is 10.2 Å². The zero-order chi connectivity index (χ0) is 27.6. The summed E-state index contributed by atoms with van der Waals surface area (Å²) in [5.41, 5.74) is 3.99. The molecule has 198 valence electrons. The van der Waals surface area contributed by atoms with Crippen molar-refractivity contribution in [1.82, 2.24) is 29.5 Å². The van der Waals surface area contributed by atoms with Crippen LogP contribution in [0.4, 0.5) is 0 Å². The number of H-pyrrole nitrogens is 1. The predicted molar refractivity (Wildman–Crippen MR) is 155 cm³/mol. The zero-order valence-corrected chi connectivity index (χ0v) is 22.5. The number of halogens is 2. The van der Waals surface area contributed by atoms with Crippen molar-refractivity contribution in [2.24, 2.45) is 0 Å². The van der Waals surface area contributed by atoms with Crippen molar-refractivity contribution in [2.45, 2.75) is 18.9 Å². The van der Waals surface area contributed by atoms with Crippen molar-refractivity contribution < 1.29 is 4.79 Å². The molecule has 3 aromatic heterocycles. The fourth-order valence-corrected chi connectivity index (χ4v) is 5.18. The summed E-state index contributed by atoms with van der Waals surface area (Å²) in [5.74, 6) is -0.0881. The standard InChI is InChI=1S/C30H22Cl2N6O2/c31-21-9-10-26(38-17-29(32)35-36-38)23(15-21)25-16-30(40)37(18-34-25)27(13-19-5-2-1-3-6-19)28(39)14-20-7-4-8-24-22(20)11-12-33-24/h1-12,15-18,27,33H,13-14H2/t27-/m0/s1. The number of rotatable bonds is 8. The molecule has 40 heavy (non-hydrogen) atoms. The van der Waals surface area contributed by atoms with Crippen LogP contribution in [0.3, 0.4) is 0 Å². The molecule has 0 bridgehead atoms. The number of fused-ring (bicyclic) bond motifs is 1. The summed E-state index contributed by atoms with van der Waals surface area (Å²) in [7, 11) is 0. The third-order valence-electron chi connectivity index (χ3n) is 6.81. The molecule has 1 N–H and O–H groups in total. The van der Waals surface area contributed by atoms with Crippen molar-refractivity contribution >= 4 is 39.9 Å². The SMILES string of the molecule is O=C(Cc1cccc2[nH]ccc12)[C@H](Cc1ccccc1)n1cnc(-c2cc(Cl)ccc2-n2cc(Cl)nn2)cc1=O. The van der Waals surface area contributed by atoms with Gasteiger partial charge < -0.3 is 4.98 Å². The van der Waals surface area contributed by atoms with Crippen molar-refractivity contribution in [2.75, 3.05) is 0 Å². The topological polar surface area (TPSA) is 98.5 Å². The van der Waals surface area contributed by atoms with Gasteiger partial charge in [-0.05, 0) is 41.5 Å². The first-order valence-corrected chi connectivity index (χ1v) is 13.3. The molecule has 0 saturated heterocycles. The summed E-state index contributed by atoms with van der Waals surface area (Å²) in [4.78, 5) is 35.2. The van der Waals surface area contributed by atoms with Gasteiger partial charge in [0, 0.05) is 46.6 Å². The second kappa shape index (κ2) is 10.9. The Morgan fingerprint density at radius 1 is 0.975 bits per heavy atom. The molecule has 6 rings (SSSR count). The zero-order valence-electron chi connectivity index (χ0n) is 21.0. The lowest BCUT2D eigenvalue weighted by Gasteiger charge is -2.20. The highest BCUT2D eigenvalue weighted by Crippen LogP contribution is 2.28. The van der Waals surface area contributed by atoms with Gasteiger partial charge in [0.25, 0.3) is 5.56 Å². The van der Waals surface area contributed by atoms with Crippen LogP contribution >= 0.6 is 23.2 Å². The molecule has 0 radical (unpaired) electrons. The number of nitrogens with zero attached hydrogens (tertiary/aromatic N) is 5. The largest absolute Gasteiger partial charge is 0.361 e. The van der Waals surface area contributed by atoms with Gasteiger partial charge in [-0.15, -0.1) is 5.10 Å². The number of ketones is 1. The first-order chi connectivity index (χ1) is 19.5. The number of Topliss-reactive ketones (excluding diaryl/α,β-unsaturated/α-hetero) is 1. The second-order valence-electron chi connectivity index (χ2n) is 9.37. The van der Waals surface area contributed by atoms with Gasteiger partial charge >= 0.3 is 0 Å². The molecule has 3 aromatic carbocycles. The Balaban J connectivity index is 1.39. The molecule has 0 aliphatic heterocycles. The van der Waals surface area contributed by atoms with E-state index in [0.29, 0.717) is 28.4 Å². The second-order valence-corrected chi connectivity index (χ2v) is 10.2. The molecule has 0 amide bonds. The van der Waals surface area contributed by atoms with Crippen LogP contribution in [0.15, 0.2) is 102 Å².